The summed E-state index contributed by atoms with van der Waals surface area (Å²) in [4.78, 5) is 10.7. The van der Waals surface area contributed by atoms with E-state index >= 15 is 0 Å². The fourth-order valence-corrected chi connectivity index (χ4v) is 1.92. The summed E-state index contributed by atoms with van der Waals surface area (Å²) in [6.07, 6.45) is 1.74. The summed E-state index contributed by atoms with van der Waals surface area (Å²) in [5, 5.41) is 19.4. The van der Waals surface area contributed by atoms with Crippen LogP contribution < -0.4 is 4.90 Å². The van der Waals surface area contributed by atoms with Gasteiger partial charge < -0.3 is 15.1 Å². The van der Waals surface area contributed by atoms with Crippen molar-refractivity contribution in [2.24, 2.45) is 0 Å². The maximum absolute atomic E-state index is 9.94. The van der Waals surface area contributed by atoms with Crippen molar-refractivity contribution in [3.8, 4) is 0 Å². The Morgan fingerprint density at radius 1 is 1.37 bits per heavy atom. The summed E-state index contributed by atoms with van der Waals surface area (Å²) < 4.78 is 0. The summed E-state index contributed by atoms with van der Waals surface area (Å²) >= 11 is 0. The second kappa shape index (κ2) is 6.30. The highest BCUT2D eigenvalue weighted by molar-refractivity contribution is 5.49. The Bertz CT molecular complexity index is 414. The molecule has 1 heterocycles. The summed E-state index contributed by atoms with van der Waals surface area (Å²) in [6, 6.07) is 0. The molecule has 1 aromatic heterocycles. The number of aliphatic hydroxyl groups is 2. The Kier molecular flexibility index (Phi) is 5.26. The molecular formula is C14H25N3O2. The number of aromatic nitrogens is 2. The molecule has 0 saturated carbocycles. The zero-order valence-electron chi connectivity index (χ0n) is 12.5. The van der Waals surface area contributed by atoms with E-state index in [-0.39, 0.29) is 12.5 Å². The van der Waals surface area contributed by atoms with E-state index in [2.05, 4.69) is 9.97 Å². The number of aliphatic hydroxyl groups excluding tert-OH is 1. The van der Waals surface area contributed by atoms with Gasteiger partial charge in [-0.05, 0) is 20.8 Å². The van der Waals surface area contributed by atoms with Gasteiger partial charge in [0.1, 0.15) is 5.82 Å². The predicted molar refractivity (Wildman–Crippen MR) is 76.2 cm³/mol. The molecule has 19 heavy (non-hydrogen) atoms. The van der Waals surface area contributed by atoms with Crippen LogP contribution >= 0.6 is 0 Å². The van der Waals surface area contributed by atoms with Crippen molar-refractivity contribution in [1.82, 2.24) is 9.97 Å². The Labute approximate surface area is 115 Å². The molecule has 0 unspecified atom stereocenters. The zero-order valence-corrected chi connectivity index (χ0v) is 12.5. The average molecular weight is 267 g/mol. The van der Waals surface area contributed by atoms with Crippen LogP contribution in [-0.4, -0.2) is 38.9 Å². The van der Waals surface area contributed by atoms with E-state index < -0.39 is 5.60 Å². The Morgan fingerprint density at radius 2 is 2.00 bits per heavy atom. The second-order valence-corrected chi connectivity index (χ2v) is 5.70. The predicted octanol–water partition coefficient (Wildman–Crippen LogP) is 1.69. The lowest BCUT2D eigenvalue weighted by Crippen LogP contribution is -2.39. The molecule has 0 radical (unpaired) electrons. The first-order valence-electron chi connectivity index (χ1n) is 6.72. The van der Waals surface area contributed by atoms with Crippen LogP contribution in [0.4, 0.5) is 5.69 Å². The van der Waals surface area contributed by atoms with Crippen LogP contribution in [-0.2, 0) is 6.61 Å². The Hall–Kier alpha value is -1.20. The van der Waals surface area contributed by atoms with Crippen molar-refractivity contribution < 1.29 is 10.2 Å². The fraction of sp³-hybridized carbons (Fsp3) is 0.714. The van der Waals surface area contributed by atoms with Crippen molar-refractivity contribution in [3.63, 3.8) is 0 Å². The third-order valence-electron chi connectivity index (χ3n) is 2.83. The van der Waals surface area contributed by atoms with Crippen LogP contribution in [0, 0.1) is 0 Å². The standard InChI is InChI=1S/C14H25N3O2/c1-6-17(9-14(4,5)19)12-7-15-13(10(2)3)16-11(12)8-18/h7,10,18-19H,6,8-9H2,1-5H3. The molecule has 0 aromatic carbocycles. The van der Waals surface area contributed by atoms with Crippen molar-refractivity contribution >= 4 is 5.69 Å². The number of rotatable bonds is 6. The molecule has 0 saturated heterocycles. The van der Waals surface area contributed by atoms with E-state index in [9.17, 15) is 10.2 Å². The molecule has 0 bridgehead atoms. The topological polar surface area (TPSA) is 69.5 Å². The Morgan fingerprint density at radius 3 is 2.42 bits per heavy atom. The van der Waals surface area contributed by atoms with Gasteiger partial charge in [0.15, 0.2) is 0 Å². The summed E-state index contributed by atoms with van der Waals surface area (Å²) in [5.74, 6) is 0.954. The highest BCUT2D eigenvalue weighted by Crippen LogP contribution is 2.22. The first-order chi connectivity index (χ1) is 8.78. The smallest absolute Gasteiger partial charge is 0.131 e. The highest BCUT2D eigenvalue weighted by Gasteiger charge is 2.20. The van der Waals surface area contributed by atoms with Gasteiger partial charge in [-0.1, -0.05) is 13.8 Å². The molecule has 0 aliphatic rings. The van der Waals surface area contributed by atoms with E-state index in [0.29, 0.717) is 12.2 Å². The average Bonchev–Trinajstić information content (AvgIpc) is 2.34. The molecular weight excluding hydrogens is 242 g/mol. The van der Waals surface area contributed by atoms with E-state index in [0.717, 1.165) is 18.1 Å². The van der Waals surface area contributed by atoms with Crippen molar-refractivity contribution in [2.75, 3.05) is 18.0 Å². The second-order valence-electron chi connectivity index (χ2n) is 5.70. The van der Waals surface area contributed by atoms with Crippen LogP contribution in [0.25, 0.3) is 0 Å². The van der Waals surface area contributed by atoms with Crippen molar-refractivity contribution in [1.29, 1.82) is 0 Å². The Balaban J connectivity index is 3.10. The molecule has 5 heteroatoms. The number of hydrogen-bond donors (Lipinski definition) is 2. The van der Waals surface area contributed by atoms with E-state index in [4.69, 9.17) is 0 Å². The summed E-state index contributed by atoms with van der Waals surface area (Å²) in [6.45, 7) is 10.6. The molecule has 0 fully saturated rings. The lowest BCUT2D eigenvalue weighted by molar-refractivity contribution is 0.0874. The van der Waals surface area contributed by atoms with E-state index in [1.807, 2.05) is 25.7 Å². The first-order valence-corrected chi connectivity index (χ1v) is 6.72. The van der Waals surface area contributed by atoms with Gasteiger partial charge in [-0.25, -0.2) is 9.97 Å². The highest BCUT2D eigenvalue weighted by atomic mass is 16.3. The molecule has 5 nitrogen and oxygen atoms in total. The molecule has 0 aliphatic carbocycles. The number of likely N-dealkylation sites (N-methyl/N-ethyl adjacent to an activating group) is 1. The van der Waals surface area contributed by atoms with Gasteiger partial charge in [-0.3, -0.25) is 0 Å². The van der Waals surface area contributed by atoms with Gasteiger partial charge in [0.2, 0.25) is 0 Å². The summed E-state index contributed by atoms with van der Waals surface area (Å²) in [7, 11) is 0. The van der Waals surface area contributed by atoms with Crippen LogP contribution in [0.3, 0.4) is 0 Å². The molecule has 108 valence electrons. The largest absolute Gasteiger partial charge is 0.390 e. The minimum atomic E-state index is -0.806. The molecule has 0 amide bonds. The normalized spacial score (nSPS) is 12.0. The lowest BCUT2D eigenvalue weighted by Gasteiger charge is -2.30. The minimum absolute atomic E-state index is 0.125. The van der Waals surface area contributed by atoms with Crippen LogP contribution in [0.15, 0.2) is 6.20 Å². The van der Waals surface area contributed by atoms with Crippen LogP contribution in [0.1, 0.15) is 52.1 Å². The molecule has 0 spiro atoms. The first kappa shape index (κ1) is 15.9. The molecule has 0 aliphatic heterocycles. The number of anilines is 1. The number of hydrogen-bond acceptors (Lipinski definition) is 5. The van der Waals surface area contributed by atoms with Crippen molar-refractivity contribution in [2.45, 2.75) is 52.7 Å². The van der Waals surface area contributed by atoms with Gasteiger partial charge >= 0.3 is 0 Å². The fourth-order valence-electron chi connectivity index (χ4n) is 1.92. The lowest BCUT2D eigenvalue weighted by atomic mass is 10.1. The molecule has 1 aromatic rings. The third-order valence-corrected chi connectivity index (χ3v) is 2.83. The van der Waals surface area contributed by atoms with Gasteiger partial charge in [0.25, 0.3) is 0 Å². The van der Waals surface area contributed by atoms with Gasteiger partial charge in [0, 0.05) is 19.0 Å². The maximum atomic E-state index is 9.94. The molecule has 1 rings (SSSR count). The molecule has 2 N–H and O–H groups in total. The minimum Gasteiger partial charge on any atom is -0.390 e. The van der Waals surface area contributed by atoms with Crippen LogP contribution in [0.2, 0.25) is 0 Å². The van der Waals surface area contributed by atoms with Crippen molar-refractivity contribution in [3.05, 3.63) is 17.7 Å². The monoisotopic (exact) mass is 267 g/mol. The third kappa shape index (κ3) is 4.44. The zero-order chi connectivity index (χ0) is 14.6. The van der Waals surface area contributed by atoms with Gasteiger partial charge in [-0.2, -0.15) is 0 Å². The quantitative estimate of drug-likeness (QED) is 0.821. The van der Waals surface area contributed by atoms with Crippen LogP contribution in [0.5, 0.6) is 0 Å². The van der Waals surface area contributed by atoms with Gasteiger partial charge in [-0.15, -0.1) is 0 Å². The molecule has 0 atom stereocenters. The number of nitrogens with zero attached hydrogens (tertiary/aromatic N) is 3. The van der Waals surface area contributed by atoms with Gasteiger partial charge in [0.05, 0.1) is 29.8 Å². The van der Waals surface area contributed by atoms with E-state index in [1.165, 1.54) is 0 Å². The summed E-state index contributed by atoms with van der Waals surface area (Å²) in [5.41, 5.74) is 0.598. The maximum Gasteiger partial charge on any atom is 0.131 e. The van der Waals surface area contributed by atoms with E-state index in [1.54, 1.807) is 20.0 Å². The SMILES string of the molecule is CCN(CC(C)(C)O)c1cnc(C(C)C)nc1CO.